The van der Waals surface area contributed by atoms with E-state index in [1.807, 2.05) is 49.9 Å². The molecule has 1 amide bonds. The van der Waals surface area contributed by atoms with Gasteiger partial charge < -0.3 is 13.8 Å². The lowest BCUT2D eigenvalue weighted by Crippen LogP contribution is -2.38. The Morgan fingerprint density at radius 3 is 2.80 bits per heavy atom. The summed E-state index contributed by atoms with van der Waals surface area (Å²) in [6, 6.07) is 7.92. The Morgan fingerprint density at radius 2 is 2.04 bits per heavy atom. The first-order valence-electron chi connectivity index (χ1n) is 8.78. The third kappa shape index (κ3) is 2.73. The molecule has 130 valence electrons. The second-order valence-electron chi connectivity index (χ2n) is 6.93. The Hall–Kier alpha value is -2.56. The number of carbonyl (C=O) groups excluding carboxylic acids is 1. The number of hydrogen-bond donors (Lipinski definition) is 0. The Kier molecular flexibility index (Phi) is 3.86. The van der Waals surface area contributed by atoms with Crippen molar-refractivity contribution < 1.29 is 13.7 Å². The lowest BCUT2D eigenvalue weighted by Gasteiger charge is -2.34. The molecule has 1 aliphatic rings. The number of carbonyl (C=O) groups is 1. The summed E-state index contributed by atoms with van der Waals surface area (Å²) >= 11 is 0. The van der Waals surface area contributed by atoms with Gasteiger partial charge in [0.05, 0.1) is 6.04 Å². The van der Waals surface area contributed by atoms with Crippen LogP contribution >= 0.6 is 0 Å². The van der Waals surface area contributed by atoms with Crippen molar-refractivity contribution in [2.45, 2.75) is 46.1 Å². The zero-order chi connectivity index (χ0) is 17.6. The first-order valence-corrected chi connectivity index (χ1v) is 8.78. The van der Waals surface area contributed by atoms with E-state index in [-0.39, 0.29) is 11.9 Å². The molecule has 25 heavy (non-hydrogen) atoms. The van der Waals surface area contributed by atoms with Gasteiger partial charge in [-0.2, -0.15) is 0 Å². The number of fused-ring (bicyclic) bond motifs is 1. The Balaban J connectivity index is 1.72. The van der Waals surface area contributed by atoms with Crippen molar-refractivity contribution in [3.05, 3.63) is 52.6 Å². The molecule has 3 heterocycles. The minimum Gasteiger partial charge on any atom is -0.451 e. The summed E-state index contributed by atoms with van der Waals surface area (Å²) in [4.78, 5) is 15.1. The molecule has 0 N–H and O–H groups in total. The third-order valence-corrected chi connectivity index (χ3v) is 5.04. The van der Waals surface area contributed by atoms with Gasteiger partial charge in [-0.1, -0.05) is 17.3 Å². The summed E-state index contributed by atoms with van der Waals surface area (Å²) in [7, 11) is 0. The summed E-state index contributed by atoms with van der Waals surface area (Å²) < 4.78 is 11.2. The number of rotatable bonds is 2. The van der Waals surface area contributed by atoms with Crippen molar-refractivity contribution in [1.29, 1.82) is 0 Å². The van der Waals surface area contributed by atoms with E-state index in [9.17, 15) is 4.79 Å². The number of amides is 1. The molecule has 2 aromatic heterocycles. The smallest absolute Gasteiger partial charge is 0.290 e. The lowest BCUT2D eigenvalue weighted by atomic mass is 9.98. The molecule has 0 spiro atoms. The summed E-state index contributed by atoms with van der Waals surface area (Å²) in [5, 5.41) is 5.14. The minimum atomic E-state index is -0.0586. The third-order valence-electron chi connectivity index (χ3n) is 5.04. The van der Waals surface area contributed by atoms with Crippen molar-refractivity contribution in [2.75, 3.05) is 6.54 Å². The van der Waals surface area contributed by atoms with Crippen LogP contribution in [0.25, 0.3) is 11.0 Å². The molecule has 3 aromatic rings. The van der Waals surface area contributed by atoms with Gasteiger partial charge in [0.2, 0.25) is 0 Å². The second kappa shape index (κ2) is 6.06. The predicted octanol–water partition coefficient (Wildman–Crippen LogP) is 4.71. The van der Waals surface area contributed by atoms with E-state index in [0.717, 1.165) is 52.8 Å². The molecule has 0 radical (unpaired) electrons. The summed E-state index contributed by atoms with van der Waals surface area (Å²) in [6.07, 6.45) is 2.98. The Bertz CT molecular complexity index is 938. The maximum atomic E-state index is 13.2. The van der Waals surface area contributed by atoms with Crippen LogP contribution in [-0.4, -0.2) is 22.5 Å². The van der Waals surface area contributed by atoms with Gasteiger partial charge >= 0.3 is 0 Å². The number of aryl methyl sites for hydroxylation is 3. The predicted molar refractivity (Wildman–Crippen MR) is 94.6 cm³/mol. The highest BCUT2D eigenvalue weighted by molar-refractivity contribution is 5.99. The molecule has 0 saturated carbocycles. The molecule has 1 saturated heterocycles. The van der Waals surface area contributed by atoms with E-state index in [1.165, 1.54) is 0 Å². The highest BCUT2D eigenvalue weighted by Crippen LogP contribution is 2.34. The number of aromatic nitrogens is 1. The van der Waals surface area contributed by atoms with Crippen LogP contribution < -0.4 is 0 Å². The van der Waals surface area contributed by atoms with Crippen molar-refractivity contribution in [3.8, 4) is 0 Å². The fraction of sp³-hybridized carbons (Fsp3) is 0.400. The van der Waals surface area contributed by atoms with Gasteiger partial charge in [-0.3, -0.25) is 4.79 Å². The van der Waals surface area contributed by atoms with E-state index in [4.69, 9.17) is 8.94 Å². The average molecular weight is 338 g/mol. The average Bonchev–Trinajstić information content (AvgIpc) is 3.18. The van der Waals surface area contributed by atoms with Crippen LogP contribution in [0.1, 0.15) is 58.4 Å². The standard InChI is InChI=1S/C20H22N2O3/c1-12-7-8-15-14(3)19(24-18(15)10-12)20(23)22-9-5-4-6-17(22)16-11-13(2)25-21-16/h7-8,10-11,17H,4-6,9H2,1-3H3/t17-/m0/s1. The number of benzene rings is 1. The fourth-order valence-corrected chi connectivity index (χ4v) is 3.69. The highest BCUT2D eigenvalue weighted by atomic mass is 16.5. The normalized spacial score (nSPS) is 18.0. The minimum absolute atomic E-state index is 0.0481. The molecule has 0 aliphatic carbocycles. The SMILES string of the molecule is Cc1ccc2c(C)c(C(=O)N3CCCC[C@H]3c3cc(C)on3)oc2c1. The monoisotopic (exact) mass is 338 g/mol. The number of piperidine rings is 1. The van der Waals surface area contributed by atoms with Crippen molar-refractivity contribution >= 4 is 16.9 Å². The second-order valence-corrected chi connectivity index (χ2v) is 6.93. The summed E-state index contributed by atoms with van der Waals surface area (Å²) in [6.45, 7) is 6.56. The quantitative estimate of drug-likeness (QED) is 0.679. The van der Waals surface area contributed by atoms with E-state index < -0.39 is 0 Å². The topological polar surface area (TPSA) is 59.5 Å². The largest absolute Gasteiger partial charge is 0.451 e. The molecule has 1 aromatic carbocycles. The van der Waals surface area contributed by atoms with Gasteiger partial charge in [-0.25, -0.2) is 0 Å². The van der Waals surface area contributed by atoms with Crippen LogP contribution in [0.3, 0.4) is 0 Å². The molecular weight excluding hydrogens is 316 g/mol. The molecular formula is C20H22N2O3. The van der Waals surface area contributed by atoms with Crippen LogP contribution in [0.15, 0.2) is 33.2 Å². The van der Waals surface area contributed by atoms with Gasteiger partial charge in [-0.15, -0.1) is 0 Å². The van der Waals surface area contributed by atoms with Crippen molar-refractivity contribution in [2.24, 2.45) is 0 Å². The molecule has 4 rings (SSSR count). The van der Waals surface area contributed by atoms with E-state index in [0.29, 0.717) is 12.3 Å². The van der Waals surface area contributed by atoms with Gasteiger partial charge in [-0.05, 0) is 51.7 Å². The summed E-state index contributed by atoms with van der Waals surface area (Å²) in [5.74, 6) is 1.15. The van der Waals surface area contributed by atoms with Crippen molar-refractivity contribution in [3.63, 3.8) is 0 Å². The van der Waals surface area contributed by atoms with E-state index in [2.05, 4.69) is 5.16 Å². The van der Waals surface area contributed by atoms with Gasteiger partial charge in [0.15, 0.2) is 5.76 Å². The van der Waals surface area contributed by atoms with Crippen LogP contribution in [0.4, 0.5) is 0 Å². The molecule has 1 fully saturated rings. The molecule has 0 bridgehead atoms. The van der Waals surface area contributed by atoms with E-state index in [1.54, 1.807) is 0 Å². The highest BCUT2D eigenvalue weighted by Gasteiger charge is 2.33. The molecule has 1 atom stereocenters. The molecule has 5 heteroatoms. The maximum absolute atomic E-state index is 13.2. The maximum Gasteiger partial charge on any atom is 0.290 e. The van der Waals surface area contributed by atoms with Crippen LogP contribution in [0, 0.1) is 20.8 Å². The number of hydrogen-bond acceptors (Lipinski definition) is 4. The number of furan rings is 1. The molecule has 1 aliphatic heterocycles. The van der Waals surface area contributed by atoms with Gasteiger partial charge in [0.1, 0.15) is 17.0 Å². The Morgan fingerprint density at radius 1 is 1.20 bits per heavy atom. The molecule has 0 unspecified atom stereocenters. The lowest BCUT2D eigenvalue weighted by molar-refractivity contribution is 0.0570. The number of nitrogens with zero attached hydrogens (tertiary/aromatic N) is 2. The summed E-state index contributed by atoms with van der Waals surface area (Å²) in [5.41, 5.74) is 3.62. The van der Waals surface area contributed by atoms with Crippen LogP contribution in [-0.2, 0) is 0 Å². The van der Waals surface area contributed by atoms with Crippen molar-refractivity contribution in [1.82, 2.24) is 10.1 Å². The molecule has 5 nitrogen and oxygen atoms in total. The van der Waals surface area contributed by atoms with Gasteiger partial charge in [0.25, 0.3) is 5.91 Å². The first-order chi connectivity index (χ1) is 12.0. The van der Waals surface area contributed by atoms with E-state index >= 15 is 0 Å². The van der Waals surface area contributed by atoms with Gasteiger partial charge in [0, 0.05) is 23.6 Å². The zero-order valence-corrected chi connectivity index (χ0v) is 14.8. The Labute approximate surface area is 146 Å². The number of likely N-dealkylation sites (tertiary alicyclic amines) is 1. The van der Waals surface area contributed by atoms with Crippen LogP contribution in [0.2, 0.25) is 0 Å². The van der Waals surface area contributed by atoms with Crippen LogP contribution in [0.5, 0.6) is 0 Å². The first kappa shape index (κ1) is 15.9. The zero-order valence-electron chi connectivity index (χ0n) is 14.8. The fourth-order valence-electron chi connectivity index (χ4n) is 3.69.